The topological polar surface area (TPSA) is 228 Å². The molecule has 12 atom stereocenters. The molecule has 2 aliphatic heterocycles. The van der Waals surface area contributed by atoms with Gasteiger partial charge in [-0.1, -0.05) is 221 Å². The molecular formula is C63H109NO13. The number of carbonyl (C=O) groups is 1. The van der Waals surface area contributed by atoms with Crippen LogP contribution in [0.1, 0.15) is 213 Å². The first-order valence-corrected chi connectivity index (χ1v) is 30.3. The lowest BCUT2D eigenvalue weighted by atomic mass is 9.97. The van der Waals surface area contributed by atoms with Crippen LogP contribution in [0.25, 0.3) is 0 Å². The van der Waals surface area contributed by atoms with Gasteiger partial charge in [0.15, 0.2) is 12.6 Å². The molecule has 0 aromatic carbocycles. The second-order valence-corrected chi connectivity index (χ2v) is 21.1. The molecule has 2 saturated heterocycles. The normalized spacial score (nSPS) is 25.3. The lowest BCUT2D eigenvalue weighted by Gasteiger charge is -2.46. The summed E-state index contributed by atoms with van der Waals surface area (Å²) in [4.78, 5) is 13.3. The molecule has 9 N–H and O–H groups in total. The van der Waals surface area contributed by atoms with Crippen molar-refractivity contribution in [2.45, 2.75) is 286 Å². The van der Waals surface area contributed by atoms with Crippen LogP contribution in [0, 0.1) is 0 Å². The van der Waals surface area contributed by atoms with E-state index in [1.165, 1.54) is 103 Å². The summed E-state index contributed by atoms with van der Waals surface area (Å²) in [6, 6.07) is -0.934. The Balaban J connectivity index is 1.79. The van der Waals surface area contributed by atoms with E-state index in [1.54, 1.807) is 6.08 Å². The third-order valence-electron chi connectivity index (χ3n) is 14.3. The van der Waals surface area contributed by atoms with Crippen LogP contribution in [0.3, 0.4) is 0 Å². The second kappa shape index (κ2) is 47.9. The van der Waals surface area contributed by atoms with Crippen molar-refractivity contribution < 1.29 is 64.6 Å². The van der Waals surface area contributed by atoms with E-state index in [-0.39, 0.29) is 18.9 Å². The number of ether oxygens (including phenoxy) is 4. The number of aliphatic hydroxyl groups is 8. The lowest BCUT2D eigenvalue weighted by molar-refractivity contribution is -0.359. The van der Waals surface area contributed by atoms with Gasteiger partial charge < -0.3 is 65.1 Å². The minimum atomic E-state index is -1.79. The van der Waals surface area contributed by atoms with E-state index in [0.29, 0.717) is 6.42 Å². The van der Waals surface area contributed by atoms with Gasteiger partial charge in [-0.05, 0) is 70.6 Å². The Hall–Kier alpha value is -2.83. The third kappa shape index (κ3) is 33.5. The molecule has 2 heterocycles. The molecule has 444 valence electrons. The quantitative estimate of drug-likeness (QED) is 0.0204. The Morgan fingerprint density at radius 1 is 0.481 bits per heavy atom. The standard InChI is InChI=1S/C63H109NO13/c1-3-5-7-9-11-13-15-17-19-21-23-25-26-27-29-31-33-35-37-39-41-43-45-47-55(68)64-51(52(67)46-44-42-40-38-36-34-32-30-28-24-22-20-18-16-14-12-10-8-6-4-2)50-74-62-60(73)58(71)61(54(49-66)76-62)77-63-59(72)57(70)56(69)53(48-65)75-63/h5,7,11,13,17,19,23,25,27,29,33,35,44,46,51-54,56-63,65-67,69-73H,3-4,6,8-10,12,14-16,18,20-22,24,26,28,30-32,34,36-43,45,47-50H2,1-2H3,(H,64,68)/b7-5-,13-11-,19-17-,25-23-,29-27-,35-33-,46-44+. The van der Waals surface area contributed by atoms with Gasteiger partial charge in [0.1, 0.15) is 48.8 Å². The van der Waals surface area contributed by atoms with Gasteiger partial charge in [0.05, 0.1) is 32.0 Å². The molecule has 1 amide bonds. The van der Waals surface area contributed by atoms with Crippen LogP contribution in [0.2, 0.25) is 0 Å². The predicted octanol–water partition coefficient (Wildman–Crippen LogP) is 10.5. The van der Waals surface area contributed by atoms with Gasteiger partial charge in [-0.15, -0.1) is 0 Å². The van der Waals surface area contributed by atoms with Crippen molar-refractivity contribution >= 4 is 5.91 Å². The van der Waals surface area contributed by atoms with Gasteiger partial charge in [-0.3, -0.25) is 4.79 Å². The number of amides is 1. The molecule has 0 aliphatic carbocycles. The highest BCUT2D eigenvalue weighted by molar-refractivity contribution is 5.76. The van der Waals surface area contributed by atoms with E-state index in [9.17, 15) is 45.6 Å². The fraction of sp³-hybridized carbons (Fsp3) is 0.762. The average molecular weight is 1090 g/mol. The Bertz CT molecular complexity index is 1610. The van der Waals surface area contributed by atoms with Gasteiger partial charge in [0, 0.05) is 6.42 Å². The van der Waals surface area contributed by atoms with E-state index in [4.69, 9.17) is 18.9 Å². The number of rotatable bonds is 47. The minimum Gasteiger partial charge on any atom is -0.394 e. The second-order valence-electron chi connectivity index (χ2n) is 21.1. The van der Waals surface area contributed by atoms with Gasteiger partial charge in [0.2, 0.25) is 5.91 Å². The largest absolute Gasteiger partial charge is 0.394 e. The van der Waals surface area contributed by atoms with Gasteiger partial charge >= 0.3 is 0 Å². The van der Waals surface area contributed by atoms with Crippen molar-refractivity contribution in [3.05, 3.63) is 85.1 Å². The van der Waals surface area contributed by atoms with Crippen molar-refractivity contribution in [3.63, 3.8) is 0 Å². The molecular weight excluding hydrogens is 979 g/mol. The summed E-state index contributed by atoms with van der Waals surface area (Å²) in [7, 11) is 0. The van der Waals surface area contributed by atoms with Crippen LogP contribution >= 0.6 is 0 Å². The van der Waals surface area contributed by atoms with Crippen molar-refractivity contribution in [2.75, 3.05) is 19.8 Å². The molecule has 2 rings (SSSR count). The smallest absolute Gasteiger partial charge is 0.220 e. The number of unbranched alkanes of at least 4 members (excludes halogenated alkanes) is 22. The Morgan fingerprint density at radius 3 is 1.38 bits per heavy atom. The molecule has 0 radical (unpaired) electrons. The van der Waals surface area contributed by atoms with Gasteiger partial charge in [-0.25, -0.2) is 0 Å². The Labute approximate surface area is 465 Å². The van der Waals surface area contributed by atoms with Crippen LogP contribution in [0.15, 0.2) is 85.1 Å². The summed E-state index contributed by atoms with van der Waals surface area (Å²) >= 11 is 0. The summed E-state index contributed by atoms with van der Waals surface area (Å²) in [6.45, 7) is 2.67. The maximum atomic E-state index is 13.3. The summed E-state index contributed by atoms with van der Waals surface area (Å²) in [5, 5.41) is 87.1. The molecule has 0 saturated carbocycles. The number of aliphatic hydroxyl groups excluding tert-OH is 8. The Kier molecular flexibility index (Phi) is 43.7. The summed E-state index contributed by atoms with van der Waals surface area (Å²) in [5.41, 5.74) is 0. The van der Waals surface area contributed by atoms with Crippen LogP contribution < -0.4 is 5.32 Å². The zero-order valence-corrected chi connectivity index (χ0v) is 47.7. The first kappa shape index (κ1) is 70.3. The van der Waals surface area contributed by atoms with Crippen LogP contribution in [0.4, 0.5) is 0 Å². The zero-order valence-electron chi connectivity index (χ0n) is 47.7. The fourth-order valence-corrected chi connectivity index (χ4v) is 9.47. The highest BCUT2D eigenvalue weighted by Crippen LogP contribution is 2.30. The van der Waals surface area contributed by atoms with Crippen molar-refractivity contribution in [1.29, 1.82) is 0 Å². The lowest BCUT2D eigenvalue weighted by Crippen LogP contribution is -2.65. The van der Waals surface area contributed by atoms with E-state index in [1.807, 2.05) is 6.08 Å². The van der Waals surface area contributed by atoms with E-state index in [2.05, 4.69) is 92.1 Å². The molecule has 2 fully saturated rings. The first-order valence-electron chi connectivity index (χ1n) is 30.3. The number of carbonyl (C=O) groups excluding carboxylic acids is 1. The van der Waals surface area contributed by atoms with Crippen molar-refractivity contribution in [2.24, 2.45) is 0 Å². The van der Waals surface area contributed by atoms with Crippen molar-refractivity contribution in [1.82, 2.24) is 5.32 Å². The summed E-state index contributed by atoms with van der Waals surface area (Å²) in [5.74, 6) is -0.266. The van der Waals surface area contributed by atoms with Crippen LogP contribution in [-0.4, -0.2) is 140 Å². The molecule has 0 bridgehead atoms. The number of nitrogens with one attached hydrogen (secondary N) is 1. The number of allylic oxidation sites excluding steroid dienone is 13. The molecule has 12 unspecified atom stereocenters. The molecule has 0 aromatic heterocycles. The molecule has 77 heavy (non-hydrogen) atoms. The fourth-order valence-electron chi connectivity index (χ4n) is 9.47. The van der Waals surface area contributed by atoms with Gasteiger partial charge in [-0.2, -0.15) is 0 Å². The van der Waals surface area contributed by atoms with Crippen LogP contribution in [-0.2, 0) is 23.7 Å². The molecule has 14 nitrogen and oxygen atoms in total. The van der Waals surface area contributed by atoms with Gasteiger partial charge in [0.25, 0.3) is 0 Å². The first-order chi connectivity index (χ1) is 37.6. The third-order valence-corrected chi connectivity index (χ3v) is 14.3. The highest BCUT2D eigenvalue weighted by Gasteiger charge is 2.51. The molecule has 14 heteroatoms. The monoisotopic (exact) mass is 1090 g/mol. The number of hydrogen-bond acceptors (Lipinski definition) is 13. The van der Waals surface area contributed by atoms with E-state index >= 15 is 0 Å². The van der Waals surface area contributed by atoms with Crippen molar-refractivity contribution in [3.8, 4) is 0 Å². The maximum Gasteiger partial charge on any atom is 0.220 e. The maximum absolute atomic E-state index is 13.3. The molecule has 2 aliphatic rings. The highest BCUT2D eigenvalue weighted by atomic mass is 16.7. The van der Waals surface area contributed by atoms with E-state index < -0.39 is 86.8 Å². The average Bonchev–Trinajstić information content (AvgIpc) is 3.44. The molecule has 0 spiro atoms. The van der Waals surface area contributed by atoms with Crippen LogP contribution in [0.5, 0.6) is 0 Å². The molecule has 0 aromatic rings. The van der Waals surface area contributed by atoms with E-state index in [0.717, 1.165) is 83.5 Å². The predicted molar refractivity (Wildman–Crippen MR) is 309 cm³/mol. The minimum absolute atomic E-state index is 0.247. The number of hydrogen-bond donors (Lipinski definition) is 9. The summed E-state index contributed by atoms with van der Waals surface area (Å²) in [6.07, 6.45) is 47.5. The Morgan fingerprint density at radius 2 is 0.896 bits per heavy atom. The zero-order chi connectivity index (χ0) is 56.0. The SMILES string of the molecule is CC/C=C\C/C=C\C/C=C\C/C=C\C/C=C\C/C=C\CCCCCCC(=O)NC(COC1OC(CO)C(OC2OC(CO)C(O)C(O)C2O)C(O)C1O)C(O)/C=C/CCCCCCCCCCCCCCCCCCCC. The summed E-state index contributed by atoms with van der Waals surface area (Å²) < 4.78 is 22.8.